The molecule has 0 radical (unpaired) electrons. The van der Waals surface area contributed by atoms with E-state index in [4.69, 9.17) is 23.9 Å². The molecule has 0 spiro atoms. The highest BCUT2D eigenvalue weighted by Crippen LogP contribution is 2.57. The second kappa shape index (κ2) is 16.2. The molecule has 2 amide bonds. The van der Waals surface area contributed by atoms with Gasteiger partial charge >= 0.3 is 5.97 Å². The fourth-order valence-corrected chi connectivity index (χ4v) is 10.9. The van der Waals surface area contributed by atoms with Crippen molar-refractivity contribution >= 4 is 50.6 Å². The van der Waals surface area contributed by atoms with E-state index in [1.165, 1.54) is 0 Å². The summed E-state index contributed by atoms with van der Waals surface area (Å²) in [4.78, 5) is 63.4. The molecule has 2 saturated heterocycles. The molecule has 306 valence electrons. The first kappa shape index (κ1) is 39.5. The van der Waals surface area contributed by atoms with E-state index in [0.29, 0.717) is 43.2 Å². The van der Waals surface area contributed by atoms with Crippen LogP contribution in [-0.4, -0.2) is 92.2 Å². The number of esters is 1. The molecule has 14 heteroatoms. The van der Waals surface area contributed by atoms with Crippen LogP contribution in [0.5, 0.6) is 11.6 Å². The average Bonchev–Trinajstić information content (AvgIpc) is 3.98. The number of sulfonamides is 1. The number of nitrogens with one attached hydrogen (secondary N) is 1. The molecule has 2 aromatic rings. The van der Waals surface area contributed by atoms with Crippen LogP contribution in [0.4, 0.5) is 0 Å². The molecule has 2 bridgehead atoms. The van der Waals surface area contributed by atoms with Crippen molar-refractivity contribution in [3.8, 4) is 11.6 Å². The van der Waals surface area contributed by atoms with Crippen molar-refractivity contribution in [1.29, 1.82) is 0 Å². The van der Waals surface area contributed by atoms with Crippen LogP contribution < -0.4 is 14.2 Å². The number of pyridine rings is 1. The van der Waals surface area contributed by atoms with E-state index >= 15 is 0 Å². The van der Waals surface area contributed by atoms with Crippen LogP contribution in [0.1, 0.15) is 89.0 Å². The van der Waals surface area contributed by atoms with E-state index in [-0.39, 0.29) is 55.8 Å². The number of rotatable bonds is 9. The molecule has 6 aliphatic rings. The van der Waals surface area contributed by atoms with Gasteiger partial charge in [-0.1, -0.05) is 31.1 Å². The van der Waals surface area contributed by atoms with E-state index in [2.05, 4.69) is 17.4 Å². The van der Waals surface area contributed by atoms with E-state index in [1.807, 2.05) is 30.3 Å². The largest absolute Gasteiger partial charge is 0.497 e. The molecule has 7 atom stereocenters. The molecule has 3 aliphatic carbocycles. The fourth-order valence-electron chi connectivity index (χ4n) is 9.50. The summed E-state index contributed by atoms with van der Waals surface area (Å²) in [5.41, 5.74) is 0.125. The monoisotopic (exact) mass is 803 g/mol. The standard InChI is InChI=1S/C43H53N3O10S/c1-3-30-21-43(30,42(50)45-57(51,52)33-15-16-33)22-37(47)36-19-32-23-46(36)41(49)34(26-9-7-8-10-26)20-39(48)56-38-25-54-24-29(38)12-6-4-5-11-28-17-27-13-14-31(53-2)18-35(27)44-40(28)55-32/h3,5,11,13-14,17-18,26,29-30,32-34,36,38H,1,4,6-10,12,15-16,19-25H2,2H3,(H,45,50)/b11-5+/t29-,30-,32-,34+,36+,38-,43-/m1/s1. The molecule has 1 aromatic heterocycles. The van der Waals surface area contributed by atoms with Crippen LogP contribution >= 0.6 is 0 Å². The van der Waals surface area contributed by atoms with Gasteiger partial charge in [0.15, 0.2) is 5.78 Å². The first-order chi connectivity index (χ1) is 27.5. The Kier molecular flexibility index (Phi) is 11.2. The third-order valence-corrected chi connectivity index (χ3v) is 14.9. The van der Waals surface area contributed by atoms with Gasteiger partial charge in [-0.05, 0) is 81.4 Å². The maximum Gasteiger partial charge on any atom is 0.306 e. The molecule has 3 aliphatic heterocycles. The number of aromatic nitrogens is 1. The highest BCUT2D eigenvalue weighted by atomic mass is 32.2. The summed E-state index contributed by atoms with van der Waals surface area (Å²) in [7, 11) is -2.27. The lowest BCUT2D eigenvalue weighted by molar-refractivity contribution is -0.156. The summed E-state index contributed by atoms with van der Waals surface area (Å²) in [6.07, 6.45) is 11.5. The zero-order chi connectivity index (χ0) is 39.9. The predicted octanol–water partition coefficient (Wildman–Crippen LogP) is 5.30. The molecule has 0 unspecified atom stereocenters. The molecule has 1 N–H and O–H groups in total. The Hall–Kier alpha value is -4.30. The number of hydrogen-bond acceptors (Lipinski definition) is 11. The van der Waals surface area contributed by atoms with Crippen molar-refractivity contribution < 1.29 is 46.5 Å². The Labute approximate surface area is 333 Å². The highest BCUT2D eigenvalue weighted by molar-refractivity contribution is 7.90. The molecule has 3 saturated carbocycles. The van der Waals surface area contributed by atoms with Crippen LogP contribution in [0.25, 0.3) is 17.0 Å². The van der Waals surface area contributed by atoms with Crippen molar-refractivity contribution in [1.82, 2.24) is 14.6 Å². The normalized spacial score (nSPS) is 31.6. The Morgan fingerprint density at radius 3 is 2.58 bits per heavy atom. The lowest BCUT2D eigenvalue weighted by atomic mass is 9.86. The topological polar surface area (TPSA) is 168 Å². The van der Waals surface area contributed by atoms with Gasteiger partial charge in [0.25, 0.3) is 0 Å². The SMILES string of the molecule is C=C[C@@H]1C[C@]1(CC(=O)[C@@H]1C[C@@H]2CN1C(=O)[C@H](C1CCCC1)CC(=O)O[C@@H]1COC[C@H]1CCC/C=C/c1cc3ccc(OC)cc3nc1O2)C(=O)NS(=O)(=O)C1CC1. The lowest BCUT2D eigenvalue weighted by Crippen LogP contribution is -2.47. The van der Waals surface area contributed by atoms with Gasteiger partial charge in [-0.3, -0.25) is 23.9 Å². The summed E-state index contributed by atoms with van der Waals surface area (Å²) in [5.74, 6) is -1.95. The van der Waals surface area contributed by atoms with Crippen molar-refractivity contribution in [2.75, 3.05) is 26.9 Å². The average molecular weight is 804 g/mol. The molecular weight excluding hydrogens is 751 g/mol. The van der Waals surface area contributed by atoms with Gasteiger partial charge in [0, 0.05) is 35.8 Å². The Balaban J connectivity index is 1.14. The van der Waals surface area contributed by atoms with Crippen LogP contribution in [0.15, 0.2) is 43.0 Å². The molecule has 8 rings (SSSR count). The minimum atomic E-state index is -3.86. The number of fused-ring (bicyclic) bond motifs is 5. The van der Waals surface area contributed by atoms with Gasteiger partial charge in [-0.25, -0.2) is 13.4 Å². The molecule has 1 aromatic carbocycles. The predicted molar refractivity (Wildman–Crippen MR) is 210 cm³/mol. The molecular formula is C43H53N3O10S. The summed E-state index contributed by atoms with van der Waals surface area (Å²) >= 11 is 0. The Bertz CT molecular complexity index is 2060. The first-order valence-electron chi connectivity index (χ1n) is 20.6. The number of hydrogen-bond donors (Lipinski definition) is 1. The number of ether oxygens (including phenoxy) is 4. The fraction of sp³-hybridized carbons (Fsp3) is 0.605. The van der Waals surface area contributed by atoms with Gasteiger partial charge in [0.1, 0.15) is 18.0 Å². The maximum absolute atomic E-state index is 14.9. The maximum atomic E-state index is 14.9. The first-order valence-corrected chi connectivity index (χ1v) is 22.1. The summed E-state index contributed by atoms with van der Waals surface area (Å²) < 4.78 is 51.9. The van der Waals surface area contributed by atoms with E-state index in [0.717, 1.165) is 55.9 Å². The van der Waals surface area contributed by atoms with Crippen LogP contribution in [-0.2, 0) is 38.7 Å². The molecule has 13 nitrogen and oxygen atoms in total. The van der Waals surface area contributed by atoms with E-state index in [9.17, 15) is 27.6 Å². The quantitative estimate of drug-likeness (QED) is 0.258. The number of carbonyl (C=O) groups is 4. The minimum Gasteiger partial charge on any atom is -0.497 e. The summed E-state index contributed by atoms with van der Waals surface area (Å²) in [6.45, 7) is 4.73. The Morgan fingerprint density at radius 1 is 1.05 bits per heavy atom. The number of Topliss-reactive ketones (excluding diaryl/α,β-unsaturated/α-hetero) is 1. The van der Waals surface area contributed by atoms with Gasteiger partial charge in [0.05, 0.1) is 61.4 Å². The van der Waals surface area contributed by atoms with Gasteiger partial charge in [0.2, 0.25) is 27.7 Å². The second-order valence-corrected chi connectivity index (χ2v) is 18.9. The van der Waals surface area contributed by atoms with Crippen molar-refractivity contribution in [2.45, 2.75) is 107 Å². The number of carbonyl (C=O) groups excluding carboxylic acids is 4. The van der Waals surface area contributed by atoms with Crippen molar-refractivity contribution in [2.24, 2.45) is 29.1 Å². The number of methoxy groups -OCH3 is 1. The summed E-state index contributed by atoms with van der Waals surface area (Å²) in [5, 5.41) is 0.284. The number of ketones is 1. The van der Waals surface area contributed by atoms with Crippen LogP contribution in [0, 0.1) is 29.1 Å². The smallest absolute Gasteiger partial charge is 0.306 e. The third kappa shape index (κ3) is 8.35. The molecule has 5 fully saturated rings. The van der Waals surface area contributed by atoms with Gasteiger partial charge in [-0.2, -0.15) is 0 Å². The molecule has 4 heterocycles. The van der Waals surface area contributed by atoms with Crippen LogP contribution in [0.3, 0.4) is 0 Å². The number of nitrogens with zero attached hydrogens (tertiary/aromatic N) is 2. The molecule has 57 heavy (non-hydrogen) atoms. The van der Waals surface area contributed by atoms with E-state index < -0.39 is 62.7 Å². The zero-order valence-corrected chi connectivity index (χ0v) is 33.4. The number of benzene rings is 1. The highest BCUT2D eigenvalue weighted by Gasteiger charge is 2.61. The third-order valence-electron chi connectivity index (χ3n) is 13.1. The van der Waals surface area contributed by atoms with Crippen molar-refractivity contribution in [3.05, 3.63) is 48.6 Å². The van der Waals surface area contributed by atoms with E-state index in [1.54, 1.807) is 18.1 Å². The minimum absolute atomic E-state index is 0.0463. The van der Waals surface area contributed by atoms with Gasteiger partial charge < -0.3 is 23.8 Å². The lowest BCUT2D eigenvalue weighted by Gasteiger charge is -2.31. The number of allylic oxidation sites excluding steroid dienone is 2. The van der Waals surface area contributed by atoms with Gasteiger partial charge in [-0.15, -0.1) is 6.58 Å². The van der Waals surface area contributed by atoms with Crippen molar-refractivity contribution in [3.63, 3.8) is 0 Å². The summed E-state index contributed by atoms with van der Waals surface area (Å²) in [6, 6.07) is 6.66. The number of amides is 2. The second-order valence-electron chi connectivity index (χ2n) is 17.0. The zero-order valence-electron chi connectivity index (χ0n) is 32.6. The van der Waals surface area contributed by atoms with Crippen LogP contribution in [0.2, 0.25) is 0 Å². The Morgan fingerprint density at radius 2 is 1.84 bits per heavy atom.